The topological polar surface area (TPSA) is 84.5 Å². The first-order chi connectivity index (χ1) is 12.5. The van der Waals surface area contributed by atoms with Crippen molar-refractivity contribution in [1.29, 1.82) is 0 Å². The van der Waals surface area contributed by atoms with Crippen LogP contribution in [0.2, 0.25) is 0 Å². The van der Waals surface area contributed by atoms with Crippen LogP contribution in [0.25, 0.3) is 6.08 Å². The van der Waals surface area contributed by atoms with Gasteiger partial charge in [0.25, 0.3) is 5.91 Å². The summed E-state index contributed by atoms with van der Waals surface area (Å²) in [7, 11) is 0. The average molecular weight is 358 g/mol. The molecule has 2 atom stereocenters. The Balaban J connectivity index is 1.71. The maximum Gasteiger partial charge on any atom is 0.331 e. The van der Waals surface area contributed by atoms with Gasteiger partial charge in [-0.15, -0.1) is 0 Å². The molecular weight excluding hydrogens is 332 g/mol. The van der Waals surface area contributed by atoms with E-state index < -0.39 is 24.5 Å². The summed E-state index contributed by atoms with van der Waals surface area (Å²) in [6, 6.07) is 7.13. The molecule has 6 nitrogen and oxygen atoms in total. The van der Waals surface area contributed by atoms with Gasteiger partial charge in [-0.05, 0) is 42.9 Å². The fourth-order valence-electron chi connectivity index (χ4n) is 3.01. The van der Waals surface area contributed by atoms with E-state index in [1.54, 1.807) is 6.08 Å². The zero-order valence-electron chi connectivity index (χ0n) is 15.3. The molecule has 0 heterocycles. The third kappa shape index (κ3) is 6.35. The fraction of sp³-hybridized carbons (Fsp3) is 0.450. The monoisotopic (exact) mass is 358 g/mol. The molecule has 1 aliphatic rings. The lowest BCUT2D eigenvalue weighted by Crippen LogP contribution is -2.48. The van der Waals surface area contributed by atoms with E-state index in [9.17, 15) is 14.4 Å². The molecule has 1 aromatic carbocycles. The fourth-order valence-corrected chi connectivity index (χ4v) is 3.01. The van der Waals surface area contributed by atoms with Crippen molar-refractivity contribution >= 4 is 24.0 Å². The quantitative estimate of drug-likeness (QED) is 0.626. The summed E-state index contributed by atoms with van der Waals surface area (Å²) < 4.78 is 4.86. The van der Waals surface area contributed by atoms with Gasteiger partial charge >= 0.3 is 12.0 Å². The summed E-state index contributed by atoms with van der Waals surface area (Å²) in [5.74, 6) is -0.887. The lowest BCUT2D eigenvalue weighted by atomic mass is 9.86. The van der Waals surface area contributed by atoms with E-state index in [0.717, 1.165) is 30.4 Å². The molecule has 0 aromatic heterocycles. The number of nitrogens with one attached hydrogen (secondary N) is 2. The summed E-state index contributed by atoms with van der Waals surface area (Å²) in [5.41, 5.74) is 1.93. The standard InChI is InChI=1S/C20H26N2O4/c1-14-7-3-5-9-16(14)11-12-19(24)26-13-18(23)22-20(25)21-17-10-6-4-8-15(17)2/h3,5,7,9,11-12,15,17H,4,6,8,10,13H2,1-2H3,(H2,21,22,23,25)/b12-11+/t15-,17-/m0/s1. The minimum Gasteiger partial charge on any atom is -0.452 e. The number of hydrogen-bond donors (Lipinski definition) is 2. The van der Waals surface area contributed by atoms with Crippen LogP contribution >= 0.6 is 0 Å². The van der Waals surface area contributed by atoms with Crippen LogP contribution in [0.4, 0.5) is 4.79 Å². The normalized spacial score (nSPS) is 19.8. The number of rotatable bonds is 5. The van der Waals surface area contributed by atoms with Gasteiger partial charge in [0.2, 0.25) is 0 Å². The third-order valence-corrected chi connectivity index (χ3v) is 4.61. The Kier molecular flexibility index (Phi) is 7.38. The number of ether oxygens (including phenoxy) is 1. The van der Waals surface area contributed by atoms with Crippen molar-refractivity contribution in [2.75, 3.05) is 6.61 Å². The van der Waals surface area contributed by atoms with Crippen molar-refractivity contribution in [2.45, 2.75) is 45.6 Å². The van der Waals surface area contributed by atoms with E-state index in [0.29, 0.717) is 5.92 Å². The minimum atomic E-state index is -0.649. The second-order valence-corrected chi connectivity index (χ2v) is 6.69. The molecule has 140 valence electrons. The first-order valence-corrected chi connectivity index (χ1v) is 8.96. The Bertz CT molecular complexity index is 684. The van der Waals surface area contributed by atoms with Gasteiger partial charge in [0.15, 0.2) is 6.61 Å². The Morgan fingerprint density at radius 1 is 1.19 bits per heavy atom. The molecule has 3 amide bonds. The number of carbonyl (C=O) groups is 3. The number of urea groups is 1. The van der Waals surface area contributed by atoms with E-state index in [4.69, 9.17) is 4.74 Å². The van der Waals surface area contributed by atoms with Crippen molar-refractivity contribution in [1.82, 2.24) is 10.6 Å². The van der Waals surface area contributed by atoms with Gasteiger partial charge < -0.3 is 10.1 Å². The number of hydrogen-bond acceptors (Lipinski definition) is 4. The summed E-state index contributed by atoms with van der Waals surface area (Å²) in [5, 5.41) is 5.01. The number of esters is 1. The second kappa shape index (κ2) is 9.75. The van der Waals surface area contributed by atoms with E-state index in [1.807, 2.05) is 31.2 Å². The number of aryl methyl sites for hydroxylation is 1. The zero-order valence-corrected chi connectivity index (χ0v) is 15.3. The molecule has 2 N–H and O–H groups in total. The SMILES string of the molecule is Cc1ccccc1/C=C/C(=O)OCC(=O)NC(=O)N[C@H]1CCCC[C@@H]1C. The van der Waals surface area contributed by atoms with Crippen LogP contribution in [-0.4, -0.2) is 30.6 Å². The molecule has 0 saturated heterocycles. The van der Waals surface area contributed by atoms with Crippen molar-refractivity contribution in [2.24, 2.45) is 5.92 Å². The van der Waals surface area contributed by atoms with Gasteiger partial charge in [0, 0.05) is 12.1 Å². The van der Waals surface area contributed by atoms with Crippen molar-refractivity contribution < 1.29 is 19.1 Å². The minimum absolute atomic E-state index is 0.0798. The van der Waals surface area contributed by atoms with Gasteiger partial charge in [-0.25, -0.2) is 9.59 Å². The smallest absolute Gasteiger partial charge is 0.331 e. The lowest BCUT2D eigenvalue weighted by Gasteiger charge is -2.29. The molecular formula is C20H26N2O4. The highest BCUT2D eigenvalue weighted by Gasteiger charge is 2.23. The maximum atomic E-state index is 11.9. The van der Waals surface area contributed by atoms with Crippen LogP contribution in [-0.2, 0) is 14.3 Å². The Hall–Kier alpha value is -2.63. The molecule has 1 saturated carbocycles. The third-order valence-electron chi connectivity index (χ3n) is 4.61. The molecule has 0 radical (unpaired) electrons. The van der Waals surface area contributed by atoms with E-state index in [1.165, 1.54) is 12.5 Å². The first kappa shape index (κ1) is 19.7. The van der Waals surface area contributed by atoms with Crippen LogP contribution in [0.1, 0.15) is 43.7 Å². The summed E-state index contributed by atoms with van der Waals surface area (Å²) in [4.78, 5) is 35.3. The largest absolute Gasteiger partial charge is 0.452 e. The first-order valence-electron chi connectivity index (χ1n) is 8.96. The van der Waals surface area contributed by atoms with Crippen LogP contribution in [0, 0.1) is 12.8 Å². The molecule has 1 aromatic rings. The van der Waals surface area contributed by atoms with Crippen LogP contribution in [0.3, 0.4) is 0 Å². The molecule has 1 fully saturated rings. The lowest BCUT2D eigenvalue weighted by molar-refractivity contribution is -0.143. The Morgan fingerprint density at radius 2 is 1.92 bits per heavy atom. The highest BCUT2D eigenvalue weighted by Crippen LogP contribution is 2.23. The summed E-state index contributed by atoms with van der Waals surface area (Å²) in [6.45, 7) is 3.53. The van der Waals surface area contributed by atoms with Crippen molar-refractivity contribution in [3.05, 3.63) is 41.5 Å². The number of carbonyl (C=O) groups excluding carboxylic acids is 3. The van der Waals surface area contributed by atoms with Gasteiger partial charge in [-0.2, -0.15) is 0 Å². The van der Waals surface area contributed by atoms with Gasteiger partial charge in [-0.1, -0.05) is 44.0 Å². The molecule has 0 unspecified atom stereocenters. The van der Waals surface area contributed by atoms with Gasteiger partial charge in [0.1, 0.15) is 0 Å². The van der Waals surface area contributed by atoms with E-state index in [-0.39, 0.29) is 6.04 Å². The highest BCUT2D eigenvalue weighted by atomic mass is 16.5. The molecule has 1 aliphatic carbocycles. The van der Waals surface area contributed by atoms with E-state index in [2.05, 4.69) is 17.6 Å². The van der Waals surface area contributed by atoms with Crippen LogP contribution < -0.4 is 10.6 Å². The Morgan fingerprint density at radius 3 is 2.65 bits per heavy atom. The zero-order chi connectivity index (χ0) is 18.9. The molecule has 2 rings (SSSR count). The number of benzene rings is 1. The predicted octanol–water partition coefficient (Wildman–Crippen LogP) is 2.96. The average Bonchev–Trinajstić information content (AvgIpc) is 2.61. The molecule has 0 spiro atoms. The van der Waals surface area contributed by atoms with Crippen molar-refractivity contribution in [3.8, 4) is 0 Å². The molecule has 0 aliphatic heterocycles. The van der Waals surface area contributed by atoms with Gasteiger partial charge in [-0.3, -0.25) is 10.1 Å². The molecule has 0 bridgehead atoms. The summed E-state index contributed by atoms with van der Waals surface area (Å²) >= 11 is 0. The van der Waals surface area contributed by atoms with Crippen LogP contribution in [0.5, 0.6) is 0 Å². The summed E-state index contributed by atoms with van der Waals surface area (Å²) in [6.07, 6.45) is 7.14. The number of imide groups is 1. The molecule has 26 heavy (non-hydrogen) atoms. The predicted molar refractivity (Wildman–Crippen MR) is 99.3 cm³/mol. The maximum absolute atomic E-state index is 11.9. The Labute approximate surface area is 154 Å². The van der Waals surface area contributed by atoms with Crippen molar-refractivity contribution in [3.63, 3.8) is 0 Å². The molecule has 6 heteroatoms. The van der Waals surface area contributed by atoms with E-state index >= 15 is 0 Å². The van der Waals surface area contributed by atoms with Crippen LogP contribution in [0.15, 0.2) is 30.3 Å². The second-order valence-electron chi connectivity index (χ2n) is 6.69. The number of amides is 3. The van der Waals surface area contributed by atoms with Gasteiger partial charge in [0.05, 0.1) is 0 Å². The highest BCUT2D eigenvalue weighted by molar-refractivity contribution is 5.96.